The first-order chi connectivity index (χ1) is 6.26. The fourth-order valence-electron chi connectivity index (χ4n) is 0.464. The van der Waals surface area contributed by atoms with E-state index in [0.29, 0.717) is 0 Å². The minimum atomic E-state index is -4.71. The Kier molecular flexibility index (Phi) is 2.93. The lowest BCUT2D eigenvalue weighted by molar-refractivity contribution is -0.205. The average molecular weight is 264 g/mol. The van der Waals surface area contributed by atoms with E-state index in [0.717, 1.165) is 0 Å². The third-order valence-corrected chi connectivity index (χ3v) is 3.19. The molecule has 0 aromatic rings. The number of hydroxylamine groups is 2. The molecular formula is C2H4N2O7S3. The van der Waals surface area contributed by atoms with Crippen LogP contribution < -0.4 is 5.32 Å². The fourth-order valence-corrected chi connectivity index (χ4v) is 2.23. The molecule has 0 aromatic heterocycles. The third kappa shape index (κ3) is 2.73. The molecule has 1 fully saturated rings. The maximum absolute atomic E-state index is 10.7. The second kappa shape index (κ2) is 3.56. The minimum Gasteiger partial charge on any atom is -0.362 e. The van der Waals surface area contributed by atoms with Crippen molar-refractivity contribution in [1.82, 2.24) is 10.5 Å². The molecule has 0 unspecified atom stereocenters. The highest BCUT2D eigenvalue weighted by Crippen LogP contribution is 2.16. The van der Waals surface area contributed by atoms with E-state index in [1.807, 2.05) is 0 Å². The Morgan fingerprint density at radius 2 is 1.64 bits per heavy atom. The second-order valence-electron chi connectivity index (χ2n) is 1.85. The van der Waals surface area contributed by atoms with Crippen LogP contribution in [0.5, 0.6) is 0 Å². The number of thiocarbonyl (C=S) groups is 1. The Morgan fingerprint density at radius 1 is 1.21 bits per heavy atom. The van der Waals surface area contributed by atoms with Crippen molar-refractivity contribution in [2.24, 2.45) is 0 Å². The quantitative estimate of drug-likeness (QED) is 0.502. The van der Waals surface area contributed by atoms with Crippen molar-refractivity contribution in [3.8, 4) is 0 Å². The standard InChI is InChI=1S/C2H4N2O7S3/c1-3-2(12)4-9-13(5,6)11-14(7,8)10-4/h1H3,(H,3,12). The van der Waals surface area contributed by atoms with Crippen molar-refractivity contribution in [3.63, 3.8) is 0 Å². The van der Waals surface area contributed by atoms with E-state index in [9.17, 15) is 16.8 Å². The molecule has 0 bridgehead atoms. The van der Waals surface area contributed by atoms with Gasteiger partial charge in [-0.3, -0.25) is 0 Å². The summed E-state index contributed by atoms with van der Waals surface area (Å²) >= 11 is 4.46. The van der Waals surface area contributed by atoms with Gasteiger partial charge >= 0.3 is 20.8 Å². The van der Waals surface area contributed by atoms with Gasteiger partial charge in [0.25, 0.3) is 0 Å². The summed E-state index contributed by atoms with van der Waals surface area (Å²) in [5, 5.41) is 1.82. The molecule has 1 rings (SSSR count). The van der Waals surface area contributed by atoms with Gasteiger partial charge in [-0.15, -0.1) is 0 Å². The highest BCUT2D eigenvalue weighted by atomic mass is 32.3. The summed E-state index contributed by atoms with van der Waals surface area (Å²) < 4.78 is 54.0. The van der Waals surface area contributed by atoms with Crippen LogP contribution in [0.3, 0.4) is 0 Å². The molecule has 82 valence electrons. The maximum atomic E-state index is 10.7. The van der Waals surface area contributed by atoms with Gasteiger partial charge in [0.05, 0.1) is 0 Å². The highest BCUT2D eigenvalue weighted by Gasteiger charge is 2.39. The first-order valence-electron chi connectivity index (χ1n) is 2.88. The van der Waals surface area contributed by atoms with Crippen LogP contribution in [0.2, 0.25) is 0 Å². The summed E-state index contributed by atoms with van der Waals surface area (Å²) in [6.45, 7) is 0. The molecule has 12 heteroatoms. The number of rotatable bonds is 0. The van der Waals surface area contributed by atoms with Gasteiger partial charge in [-0.05, 0) is 12.2 Å². The molecule has 0 aliphatic carbocycles. The number of hydrogen-bond acceptors (Lipinski definition) is 8. The summed E-state index contributed by atoms with van der Waals surface area (Å²) in [6, 6.07) is 0. The molecule has 0 saturated carbocycles. The summed E-state index contributed by atoms with van der Waals surface area (Å²) in [4.78, 5) is 0. The Morgan fingerprint density at radius 3 is 2.00 bits per heavy atom. The second-order valence-corrected chi connectivity index (χ2v) is 4.71. The minimum absolute atomic E-state index is 0.0104. The van der Waals surface area contributed by atoms with Gasteiger partial charge in [-0.2, -0.15) is 16.8 Å². The molecule has 1 N–H and O–H groups in total. The predicted molar refractivity (Wildman–Crippen MR) is 44.6 cm³/mol. The number of nitrogens with zero attached hydrogens (tertiary/aromatic N) is 1. The lowest BCUT2D eigenvalue weighted by Gasteiger charge is -2.22. The van der Waals surface area contributed by atoms with Crippen LogP contribution in [-0.4, -0.2) is 34.2 Å². The van der Waals surface area contributed by atoms with Crippen molar-refractivity contribution >= 4 is 38.1 Å². The Hall–Kier alpha value is -0.530. The SMILES string of the molecule is CNC(=S)N1OS(=O)(=O)OS(=O)(=O)O1. The average Bonchev–Trinajstić information content (AvgIpc) is 1.97. The maximum Gasteiger partial charge on any atom is 0.439 e. The number of hydrogen-bond donors (Lipinski definition) is 1. The molecule has 0 radical (unpaired) electrons. The topological polar surface area (TPSA) is 111 Å². The molecule has 14 heavy (non-hydrogen) atoms. The van der Waals surface area contributed by atoms with Gasteiger partial charge in [-0.25, -0.2) is 0 Å². The predicted octanol–water partition coefficient (Wildman–Crippen LogP) is -1.82. The van der Waals surface area contributed by atoms with Crippen molar-refractivity contribution < 1.29 is 29.0 Å². The zero-order valence-electron chi connectivity index (χ0n) is 6.53. The molecule has 1 aliphatic heterocycles. The van der Waals surface area contributed by atoms with Crippen LogP contribution >= 0.6 is 12.2 Å². The normalized spacial score (nSPS) is 24.2. The van der Waals surface area contributed by atoms with E-state index >= 15 is 0 Å². The summed E-state index contributed by atoms with van der Waals surface area (Å²) in [6.07, 6.45) is 0. The van der Waals surface area contributed by atoms with E-state index < -0.39 is 25.9 Å². The summed E-state index contributed by atoms with van der Waals surface area (Å²) in [5.74, 6) is 0. The van der Waals surface area contributed by atoms with Gasteiger partial charge in [0.15, 0.2) is 0 Å². The van der Waals surface area contributed by atoms with Crippen LogP contribution in [0.25, 0.3) is 0 Å². The summed E-state index contributed by atoms with van der Waals surface area (Å²) in [5.41, 5.74) is 0. The van der Waals surface area contributed by atoms with E-state index in [4.69, 9.17) is 0 Å². The van der Waals surface area contributed by atoms with Crippen molar-refractivity contribution in [2.45, 2.75) is 0 Å². The molecule has 0 amide bonds. The molecule has 1 heterocycles. The van der Waals surface area contributed by atoms with E-state index in [1.165, 1.54) is 7.05 Å². The molecule has 0 aromatic carbocycles. The largest absolute Gasteiger partial charge is 0.439 e. The van der Waals surface area contributed by atoms with Crippen molar-refractivity contribution in [2.75, 3.05) is 7.05 Å². The molecular weight excluding hydrogens is 260 g/mol. The first-order valence-corrected chi connectivity index (χ1v) is 5.95. The Balaban J connectivity index is 2.99. The lowest BCUT2D eigenvalue weighted by Crippen LogP contribution is -2.45. The van der Waals surface area contributed by atoms with Crippen molar-refractivity contribution in [3.05, 3.63) is 0 Å². The van der Waals surface area contributed by atoms with Gasteiger partial charge in [0, 0.05) is 7.05 Å². The summed E-state index contributed by atoms with van der Waals surface area (Å²) in [7, 11) is -8.11. The Bertz CT molecular complexity index is 402. The van der Waals surface area contributed by atoms with Crippen LogP contribution in [-0.2, 0) is 33.0 Å². The molecule has 0 spiro atoms. The zero-order valence-corrected chi connectivity index (χ0v) is 8.98. The highest BCUT2D eigenvalue weighted by molar-refractivity contribution is 7.95. The van der Waals surface area contributed by atoms with Gasteiger partial charge in [-0.1, -0.05) is 17.4 Å². The first kappa shape index (κ1) is 11.5. The van der Waals surface area contributed by atoms with Crippen LogP contribution in [0.4, 0.5) is 0 Å². The van der Waals surface area contributed by atoms with E-state index in [2.05, 4.69) is 29.7 Å². The molecule has 1 aliphatic rings. The van der Waals surface area contributed by atoms with Crippen molar-refractivity contribution in [1.29, 1.82) is 0 Å². The number of nitrogens with one attached hydrogen (secondary N) is 1. The van der Waals surface area contributed by atoms with Crippen LogP contribution in [0.1, 0.15) is 0 Å². The molecule has 1 saturated heterocycles. The monoisotopic (exact) mass is 264 g/mol. The third-order valence-electron chi connectivity index (χ3n) is 0.864. The van der Waals surface area contributed by atoms with Gasteiger partial charge in [0.1, 0.15) is 0 Å². The van der Waals surface area contributed by atoms with Crippen LogP contribution in [0, 0.1) is 0 Å². The van der Waals surface area contributed by atoms with Crippen LogP contribution in [0.15, 0.2) is 0 Å². The Labute approximate surface area is 85.1 Å². The fraction of sp³-hybridized carbons (Fsp3) is 0.500. The molecule has 9 nitrogen and oxygen atoms in total. The van der Waals surface area contributed by atoms with E-state index in [-0.39, 0.29) is 5.23 Å². The van der Waals surface area contributed by atoms with Gasteiger partial charge < -0.3 is 5.32 Å². The zero-order chi connectivity index (χ0) is 11.0. The van der Waals surface area contributed by atoms with Gasteiger partial charge in [0.2, 0.25) is 5.11 Å². The van der Waals surface area contributed by atoms with E-state index in [1.54, 1.807) is 0 Å². The lowest BCUT2D eigenvalue weighted by atomic mass is 11.1. The smallest absolute Gasteiger partial charge is 0.362 e. The molecule has 0 atom stereocenters.